The maximum Gasteiger partial charge on any atom is 0.511 e. The van der Waals surface area contributed by atoms with Crippen LogP contribution in [0, 0.1) is 17.6 Å². The summed E-state index contributed by atoms with van der Waals surface area (Å²) in [7, 11) is 0. The van der Waals surface area contributed by atoms with Crippen LogP contribution in [0.4, 0.5) is 25.0 Å². The van der Waals surface area contributed by atoms with Crippen LogP contribution >= 0.6 is 0 Å². The molecule has 0 amide bonds. The maximum absolute atomic E-state index is 15.4. The number of halogens is 3. The van der Waals surface area contributed by atoms with E-state index in [0.717, 1.165) is 43.6 Å². The Morgan fingerprint density at radius 3 is 2.23 bits per heavy atom. The predicted octanol–water partition coefficient (Wildman–Crippen LogP) is 0.553. The highest BCUT2D eigenvalue weighted by Gasteiger charge is 2.46. The van der Waals surface area contributed by atoms with Crippen molar-refractivity contribution in [2.45, 2.75) is 70.2 Å². The van der Waals surface area contributed by atoms with Gasteiger partial charge in [0.25, 0.3) is 6.33 Å². The lowest BCUT2D eigenvalue weighted by molar-refractivity contribution is -0.754. The Kier molecular flexibility index (Phi) is 15.3. The van der Waals surface area contributed by atoms with E-state index < -0.39 is 60.4 Å². The number of nitrogens with two attached hydrogens (primary N) is 1. The van der Waals surface area contributed by atoms with Crippen LogP contribution in [0.25, 0.3) is 5.69 Å². The number of aliphatic carboxylic acids is 1. The number of benzene rings is 3. The molecule has 0 radical (unpaired) electrons. The molecular formula is C43H52ClF2N9O9. The lowest BCUT2D eigenvalue weighted by Crippen LogP contribution is -3.00. The Labute approximate surface area is 373 Å². The van der Waals surface area contributed by atoms with Gasteiger partial charge in [-0.2, -0.15) is 9.67 Å². The van der Waals surface area contributed by atoms with Crippen molar-refractivity contribution in [2.75, 3.05) is 55.8 Å². The molecule has 1 unspecified atom stereocenters. The number of hydrogen-bond donors (Lipinski definition) is 3. The first-order valence-electron chi connectivity index (χ1n) is 20.8. The van der Waals surface area contributed by atoms with Crippen LogP contribution in [0.2, 0.25) is 0 Å². The Balaban J connectivity index is 0.00000680. The third-order valence-corrected chi connectivity index (χ3v) is 11.5. The molecule has 2 saturated heterocycles. The van der Waals surface area contributed by atoms with Crippen LogP contribution < -0.4 is 42.9 Å². The molecular weight excluding hydrogens is 860 g/mol. The van der Waals surface area contributed by atoms with Gasteiger partial charge in [-0.15, -0.1) is 4.68 Å². The van der Waals surface area contributed by atoms with Crippen molar-refractivity contribution in [2.24, 2.45) is 11.7 Å². The molecule has 64 heavy (non-hydrogen) atoms. The normalized spacial score (nSPS) is 19.3. The highest BCUT2D eigenvalue weighted by molar-refractivity contribution is 5.73. The van der Waals surface area contributed by atoms with Gasteiger partial charge in [-0.05, 0) is 74.4 Å². The van der Waals surface area contributed by atoms with Crippen molar-refractivity contribution >= 4 is 23.5 Å². The van der Waals surface area contributed by atoms with Crippen molar-refractivity contribution in [1.29, 1.82) is 0 Å². The number of hydrogen-bond acceptors (Lipinski definition) is 13. The summed E-state index contributed by atoms with van der Waals surface area (Å²) in [4.78, 5) is 40.7. The van der Waals surface area contributed by atoms with Crippen LogP contribution in [0.1, 0.15) is 51.4 Å². The van der Waals surface area contributed by atoms with Gasteiger partial charge >= 0.3 is 17.8 Å². The molecule has 0 saturated carbocycles. The number of carboxylic acid groups (broad SMARTS) is 1. The van der Waals surface area contributed by atoms with Crippen molar-refractivity contribution in [3.05, 3.63) is 113 Å². The fourth-order valence-corrected chi connectivity index (χ4v) is 8.00. The van der Waals surface area contributed by atoms with E-state index in [9.17, 15) is 23.9 Å². The van der Waals surface area contributed by atoms with Gasteiger partial charge in [0.2, 0.25) is 12.6 Å². The molecule has 0 bridgehead atoms. The molecule has 2 aromatic heterocycles. The Morgan fingerprint density at radius 1 is 0.984 bits per heavy atom. The minimum atomic E-state index is -1.40. The van der Waals surface area contributed by atoms with Crippen LogP contribution in [0.3, 0.4) is 0 Å². The summed E-state index contributed by atoms with van der Waals surface area (Å²) in [5.41, 5.74) is 6.82. The van der Waals surface area contributed by atoms with E-state index in [-0.39, 0.29) is 49.3 Å². The molecule has 18 nitrogen and oxygen atoms in total. The second-order valence-corrected chi connectivity index (χ2v) is 15.9. The van der Waals surface area contributed by atoms with Crippen LogP contribution in [0.15, 0.2) is 90.5 Å². The monoisotopic (exact) mass is 911 g/mol. The first-order chi connectivity index (χ1) is 30.2. The number of ether oxygens (including phenoxy) is 4. The molecule has 7 rings (SSSR count). The summed E-state index contributed by atoms with van der Waals surface area (Å²) < 4.78 is 57.7. The molecule has 2 aliphatic heterocycles. The molecule has 21 heteroatoms. The average Bonchev–Trinajstić information content (AvgIpc) is 4.02. The van der Waals surface area contributed by atoms with Gasteiger partial charge in [0.15, 0.2) is 0 Å². The van der Waals surface area contributed by atoms with Gasteiger partial charge in [-0.25, -0.2) is 27.6 Å². The average molecular weight is 912 g/mol. The van der Waals surface area contributed by atoms with E-state index in [2.05, 4.69) is 20.0 Å². The number of carboxylic acids is 1. The van der Waals surface area contributed by atoms with Gasteiger partial charge in [-0.3, -0.25) is 4.79 Å². The summed E-state index contributed by atoms with van der Waals surface area (Å²) >= 11 is 0. The summed E-state index contributed by atoms with van der Waals surface area (Å²) in [6.45, 7) is 8.27. The van der Waals surface area contributed by atoms with E-state index in [1.807, 2.05) is 55.5 Å². The largest absolute Gasteiger partial charge is 1.00 e. The minimum Gasteiger partial charge on any atom is -1.00 e. The maximum atomic E-state index is 15.4. The number of carbonyl (C=O) groups excluding carboxylic acids is 1. The van der Waals surface area contributed by atoms with Crippen LogP contribution in [0.5, 0.6) is 5.75 Å². The molecule has 5 aromatic rings. The molecule has 0 aliphatic carbocycles. The van der Waals surface area contributed by atoms with Crippen molar-refractivity contribution in [3.8, 4) is 11.4 Å². The highest BCUT2D eigenvalue weighted by atomic mass is 35.5. The second-order valence-electron chi connectivity index (χ2n) is 15.9. The number of aliphatic hydroxyl groups is 1. The van der Waals surface area contributed by atoms with E-state index in [4.69, 9.17) is 29.8 Å². The van der Waals surface area contributed by atoms with Crippen molar-refractivity contribution in [3.63, 3.8) is 0 Å². The minimum absolute atomic E-state index is 0. The molecule has 3 aromatic carbocycles. The number of nitrogens with zero attached hydrogens (tertiary/aromatic N) is 8. The van der Waals surface area contributed by atoms with Gasteiger partial charge < -0.3 is 57.1 Å². The summed E-state index contributed by atoms with van der Waals surface area (Å²) in [6, 6.07) is 17.2. The zero-order chi connectivity index (χ0) is 44.8. The van der Waals surface area contributed by atoms with E-state index in [0.29, 0.717) is 24.3 Å². The first kappa shape index (κ1) is 47.4. The van der Waals surface area contributed by atoms with E-state index >= 15 is 4.39 Å². The third kappa shape index (κ3) is 10.8. The molecule has 4 N–H and O–H groups in total. The zero-order valence-corrected chi connectivity index (χ0v) is 36.3. The lowest BCUT2D eigenvalue weighted by atomic mass is 9.87. The highest BCUT2D eigenvalue weighted by Crippen LogP contribution is 2.42. The van der Waals surface area contributed by atoms with E-state index in [1.54, 1.807) is 13.8 Å². The van der Waals surface area contributed by atoms with E-state index in [1.165, 1.54) is 49.6 Å². The smallest absolute Gasteiger partial charge is 0.511 e. The zero-order valence-electron chi connectivity index (χ0n) is 35.6. The number of piperazine rings is 1. The molecule has 2 fully saturated rings. The standard InChI is InChI=1S/C43H51F2N9O9.ClH/c1-4-39(28(2)55)54-41(58)53(26-48-54)34-8-6-32(7-9-34)49-15-17-50(18-16-49)33-10-12-35(13-11-33)60-21-30-20-43(62-22-30,36-14-5-31(44)19-37(36)45)24-52-27-51(25-47-52)29(3)63-42(59)61-23-38(46)40(56)57;/h5-14,19,25-30,38-39,55H,4,15-18,20-24,46H2,1-3H3;1H/t28-,29?,30+,38-,39-,43-;/m0./s1. The Morgan fingerprint density at radius 2 is 1.62 bits per heavy atom. The number of carbonyl (C=O) groups is 2. The topological polar surface area (TPSA) is 206 Å². The van der Waals surface area contributed by atoms with Gasteiger partial charge in [0.1, 0.15) is 48.5 Å². The summed E-state index contributed by atoms with van der Waals surface area (Å²) in [5, 5.41) is 27.6. The van der Waals surface area contributed by atoms with Crippen molar-refractivity contribution < 1.29 is 64.5 Å². The summed E-state index contributed by atoms with van der Waals surface area (Å²) in [6.07, 6.45) is 2.59. The first-order valence-corrected chi connectivity index (χ1v) is 20.8. The summed E-state index contributed by atoms with van der Waals surface area (Å²) in [5.74, 6) is -2.31. The van der Waals surface area contributed by atoms with Gasteiger partial charge in [-0.1, -0.05) is 13.0 Å². The lowest BCUT2D eigenvalue weighted by Gasteiger charge is -2.37. The quantitative estimate of drug-likeness (QED) is 0.0862. The number of anilines is 2. The fraction of sp³-hybridized carbons (Fsp3) is 0.442. The molecule has 6 atom stereocenters. The Bertz CT molecular complexity index is 2410. The molecule has 0 spiro atoms. The number of rotatable bonds is 17. The number of aliphatic hydroxyl groups excluding tert-OH is 1. The Hall–Kier alpha value is -6.09. The molecule has 344 valence electrons. The SMILES string of the molecule is CC[C@@H]([C@H](C)O)n1ncn(-c2ccc(N3CCN(c4ccc(OC[C@@H]5CO[C@@](Cn6c[n+](C(C)OC(=O)OC[C@H](N)C(=O)O)cn6)(c6ccc(F)cc6F)C5)cc4)CC3)cc2)c1=O.[Cl-]. The van der Waals surface area contributed by atoms with Gasteiger partial charge in [0.05, 0.1) is 31.0 Å². The number of aromatic nitrogens is 6. The van der Waals surface area contributed by atoms with Crippen LogP contribution in [-0.2, 0) is 31.2 Å². The molecule has 4 heterocycles. The van der Waals surface area contributed by atoms with Crippen LogP contribution in [-0.4, -0.2) is 105 Å². The predicted molar refractivity (Wildman–Crippen MR) is 222 cm³/mol. The van der Waals surface area contributed by atoms with Crippen molar-refractivity contribution in [1.82, 2.24) is 24.1 Å². The third-order valence-electron chi connectivity index (χ3n) is 11.5. The van der Waals surface area contributed by atoms with Gasteiger partial charge in [0, 0.05) is 67.1 Å². The molecule has 2 aliphatic rings. The second kappa shape index (κ2) is 20.6. The fourth-order valence-electron chi connectivity index (χ4n) is 8.00.